The minimum atomic E-state index is -4.20. The van der Waals surface area contributed by atoms with E-state index in [2.05, 4.69) is 0 Å². The Bertz CT molecular complexity index is 848. The Labute approximate surface area is 125 Å². The number of phenols is 1. The van der Waals surface area contributed by atoms with Crippen LogP contribution in [0.4, 0.5) is 10.1 Å². The van der Waals surface area contributed by atoms with E-state index in [-0.39, 0.29) is 10.5 Å². The Morgan fingerprint density at radius 2 is 1.91 bits per heavy atom. The highest BCUT2D eigenvalue weighted by molar-refractivity contribution is 7.92. The Morgan fingerprint density at radius 1 is 1.23 bits per heavy atom. The summed E-state index contributed by atoms with van der Waals surface area (Å²) in [4.78, 5) is 10.7. The van der Waals surface area contributed by atoms with Gasteiger partial charge in [-0.05, 0) is 36.8 Å². The average molecular weight is 325 g/mol. The summed E-state index contributed by atoms with van der Waals surface area (Å²) < 4.78 is 40.3. The van der Waals surface area contributed by atoms with Crippen molar-refractivity contribution in [3.63, 3.8) is 0 Å². The Kier molecular flexibility index (Phi) is 4.05. The molecule has 3 N–H and O–H groups in total. The van der Waals surface area contributed by atoms with Gasteiger partial charge >= 0.3 is 5.97 Å². The molecule has 0 amide bonds. The van der Waals surface area contributed by atoms with Crippen LogP contribution in [0.25, 0.3) is 0 Å². The number of phenolic OH excluding ortho intramolecular Hbond substituents is 1. The summed E-state index contributed by atoms with van der Waals surface area (Å²) in [7, 11) is -4.20. The molecule has 0 saturated carbocycles. The van der Waals surface area contributed by atoms with Gasteiger partial charge in [-0.1, -0.05) is 12.1 Å². The number of benzene rings is 2. The van der Waals surface area contributed by atoms with Gasteiger partial charge in [0.2, 0.25) is 0 Å². The molecule has 0 aliphatic carbocycles. The van der Waals surface area contributed by atoms with E-state index in [4.69, 9.17) is 5.11 Å². The number of aromatic hydroxyl groups is 1. The van der Waals surface area contributed by atoms with Gasteiger partial charge in [-0.15, -0.1) is 0 Å². The number of aromatic carboxylic acids is 1. The van der Waals surface area contributed by atoms with Gasteiger partial charge in [-0.25, -0.2) is 17.6 Å². The quantitative estimate of drug-likeness (QED) is 0.800. The molecule has 0 bridgehead atoms. The second-order valence-electron chi connectivity index (χ2n) is 4.53. The molecule has 0 atom stereocenters. The molecule has 0 unspecified atom stereocenters. The summed E-state index contributed by atoms with van der Waals surface area (Å²) in [5, 5.41) is 18.2. The van der Waals surface area contributed by atoms with Gasteiger partial charge in [0.15, 0.2) is 11.6 Å². The van der Waals surface area contributed by atoms with Gasteiger partial charge in [-0.2, -0.15) is 0 Å². The lowest BCUT2D eigenvalue weighted by molar-refractivity contribution is 0.0696. The molecule has 2 rings (SSSR count). The van der Waals surface area contributed by atoms with Crippen molar-refractivity contribution in [1.29, 1.82) is 0 Å². The Hall–Kier alpha value is -2.61. The van der Waals surface area contributed by atoms with E-state index in [0.717, 1.165) is 18.2 Å². The number of carboxylic acid groups (broad SMARTS) is 1. The topological polar surface area (TPSA) is 104 Å². The van der Waals surface area contributed by atoms with Gasteiger partial charge in [0.25, 0.3) is 10.0 Å². The number of hydrogen-bond donors (Lipinski definition) is 3. The van der Waals surface area contributed by atoms with Crippen LogP contribution < -0.4 is 4.72 Å². The zero-order chi connectivity index (χ0) is 16.5. The van der Waals surface area contributed by atoms with E-state index in [0.29, 0.717) is 5.56 Å². The number of hydrogen-bond acceptors (Lipinski definition) is 4. The summed E-state index contributed by atoms with van der Waals surface area (Å²) >= 11 is 0. The summed E-state index contributed by atoms with van der Waals surface area (Å²) in [6.07, 6.45) is 0. The van der Waals surface area contributed by atoms with Gasteiger partial charge in [0.1, 0.15) is 0 Å². The van der Waals surface area contributed by atoms with Crippen molar-refractivity contribution in [1.82, 2.24) is 0 Å². The third-order valence-electron chi connectivity index (χ3n) is 2.95. The van der Waals surface area contributed by atoms with Crippen LogP contribution in [0.3, 0.4) is 0 Å². The number of carboxylic acids is 1. The predicted molar refractivity (Wildman–Crippen MR) is 77.0 cm³/mol. The van der Waals surface area contributed by atoms with Gasteiger partial charge < -0.3 is 10.2 Å². The van der Waals surface area contributed by atoms with Crippen LogP contribution in [0.5, 0.6) is 5.75 Å². The Balaban J connectivity index is 2.49. The highest BCUT2D eigenvalue weighted by Gasteiger charge is 2.21. The first-order chi connectivity index (χ1) is 10.2. The smallest absolute Gasteiger partial charge is 0.335 e. The van der Waals surface area contributed by atoms with Crippen molar-refractivity contribution in [2.24, 2.45) is 0 Å². The van der Waals surface area contributed by atoms with Crippen LogP contribution in [0, 0.1) is 12.7 Å². The van der Waals surface area contributed by atoms with Crippen molar-refractivity contribution in [3.8, 4) is 5.75 Å². The van der Waals surface area contributed by atoms with E-state index in [1.807, 2.05) is 4.72 Å². The number of anilines is 1. The highest BCUT2D eigenvalue weighted by atomic mass is 32.2. The zero-order valence-corrected chi connectivity index (χ0v) is 12.2. The number of aryl methyl sites for hydroxylation is 1. The van der Waals surface area contributed by atoms with Gasteiger partial charge in [0.05, 0.1) is 16.1 Å². The second kappa shape index (κ2) is 5.64. The minimum Gasteiger partial charge on any atom is -0.505 e. The van der Waals surface area contributed by atoms with Gasteiger partial charge in [-0.3, -0.25) is 4.72 Å². The molecular weight excluding hydrogens is 313 g/mol. The molecule has 0 heterocycles. The van der Waals surface area contributed by atoms with Crippen molar-refractivity contribution < 1.29 is 27.8 Å². The van der Waals surface area contributed by atoms with E-state index < -0.39 is 33.2 Å². The number of halogens is 1. The number of carbonyl (C=O) groups is 1. The molecule has 6 nitrogen and oxygen atoms in total. The van der Waals surface area contributed by atoms with Crippen LogP contribution >= 0.6 is 0 Å². The maximum atomic E-state index is 13.7. The second-order valence-corrected chi connectivity index (χ2v) is 6.18. The fourth-order valence-electron chi connectivity index (χ4n) is 1.82. The number of sulfonamides is 1. The molecule has 0 fully saturated rings. The first kappa shape index (κ1) is 15.8. The molecule has 0 aromatic heterocycles. The fourth-order valence-corrected chi connectivity index (χ4v) is 3.15. The summed E-state index contributed by atoms with van der Waals surface area (Å²) in [6.45, 7) is 1.49. The normalized spacial score (nSPS) is 11.2. The molecule has 0 aliphatic rings. The summed E-state index contributed by atoms with van der Waals surface area (Å²) in [5.41, 5.74) is -0.333. The minimum absolute atomic E-state index is 0.206. The molecule has 22 heavy (non-hydrogen) atoms. The average Bonchev–Trinajstić information content (AvgIpc) is 2.43. The van der Waals surface area contributed by atoms with Crippen molar-refractivity contribution >= 4 is 21.7 Å². The van der Waals surface area contributed by atoms with E-state index >= 15 is 0 Å². The molecule has 0 saturated heterocycles. The summed E-state index contributed by atoms with van der Waals surface area (Å²) in [5.74, 6) is -3.09. The van der Waals surface area contributed by atoms with Crippen molar-refractivity contribution in [2.45, 2.75) is 11.8 Å². The van der Waals surface area contributed by atoms with Crippen LogP contribution in [0.1, 0.15) is 15.9 Å². The highest BCUT2D eigenvalue weighted by Crippen LogP contribution is 2.26. The SMILES string of the molecule is Cc1ccc(C(=O)O)cc1S(=O)(=O)Nc1cccc(O)c1F. The third kappa shape index (κ3) is 3.01. The molecule has 116 valence electrons. The van der Waals surface area contributed by atoms with Gasteiger partial charge in [0, 0.05) is 0 Å². The first-order valence-corrected chi connectivity index (χ1v) is 7.55. The maximum absolute atomic E-state index is 13.7. The lowest BCUT2D eigenvalue weighted by Crippen LogP contribution is -2.16. The zero-order valence-electron chi connectivity index (χ0n) is 11.4. The van der Waals surface area contributed by atoms with E-state index in [1.54, 1.807) is 0 Å². The molecule has 8 heteroatoms. The monoisotopic (exact) mass is 325 g/mol. The van der Waals surface area contributed by atoms with Crippen LogP contribution in [-0.4, -0.2) is 24.6 Å². The lowest BCUT2D eigenvalue weighted by atomic mass is 10.1. The van der Waals surface area contributed by atoms with Crippen LogP contribution in [0.2, 0.25) is 0 Å². The first-order valence-electron chi connectivity index (χ1n) is 6.06. The molecular formula is C14H12FNO5S. The van der Waals surface area contributed by atoms with E-state index in [9.17, 15) is 22.7 Å². The van der Waals surface area contributed by atoms with Crippen molar-refractivity contribution in [2.75, 3.05) is 4.72 Å². The standard InChI is InChI=1S/C14H12FNO5S/c1-8-5-6-9(14(18)19)7-12(8)22(20,21)16-10-3-2-4-11(17)13(10)15/h2-7,16-17H,1H3,(H,18,19). The van der Waals surface area contributed by atoms with Crippen LogP contribution in [0.15, 0.2) is 41.3 Å². The van der Waals surface area contributed by atoms with Crippen LogP contribution in [-0.2, 0) is 10.0 Å². The van der Waals surface area contributed by atoms with E-state index in [1.165, 1.54) is 25.1 Å². The molecule has 0 aliphatic heterocycles. The molecule has 2 aromatic rings. The molecule has 2 aromatic carbocycles. The number of nitrogens with one attached hydrogen (secondary N) is 1. The lowest BCUT2D eigenvalue weighted by Gasteiger charge is -2.12. The maximum Gasteiger partial charge on any atom is 0.335 e. The third-order valence-corrected chi connectivity index (χ3v) is 4.45. The Morgan fingerprint density at radius 3 is 2.55 bits per heavy atom. The largest absolute Gasteiger partial charge is 0.505 e. The predicted octanol–water partition coefficient (Wildman–Crippen LogP) is 2.34. The van der Waals surface area contributed by atoms with Crippen molar-refractivity contribution in [3.05, 3.63) is 53.3 Å². The number of rotatable bonds is 4. The summed E-state index contributed by atoms with van der Waals surface area (Å²) in [6, 6.07) is 7.09. The molecule has 0 radical (unpaired) electrons. The molecule has 0 spiro atoms. The fraction of sp³-hybridized carbons (Fsp3) is 0.0714.